The lowest BCUT2D eigenvalue weighted by Crippen LogP contribution is -2.57. The van der Waals surface area contributed by atoms with Gasteiger partial charge in [-0.05, 0) is 19.8 Å². The van der Waals surface area contributed by atoms with Crippen molar-refractivity contribution in [1.29, 1.82) is 0 Å². The Bertz CT molecular complexity index is 368. The lowest BCUT2D eigenvalue weighted by Gasteiger charge is -2.36. The Morgan fingerprint density at radius 3 is 2.25 bits per heavy atom. The summed E-state index contributed by atoms with van der Waals surface area (Å²) < 4.78 is 0. The number of nitrogens with zero attached hydrogens (tertiary/aromatic N) is 2. The van der Waals surface area contributed by atoms with E-state index in [1.165, 1.54) is 9.80 Å². The smallest absolute Gasteiger partial charge is 0.274 e. The van der Waals surface area contributed by atoms with E-state index in [1.807, 2.05) is 13.8 Å². The molecule has 0 radical (unpaired) electrons. The highest BCUT2D eigenvalue weighted by atomic mass is 16.2. The van der Waals surface area contributed by atoms with E-state index in [9.17, 15) is 14.4 Å². The quantitative estimate of drug-likeness (QED) is 0.508. The molecular formula is C15H26N2O3. The Kier molecular flexibility index (Phi) is 6.68. The van der Waals surface area contributed by atoms with Crippen LogP contribution >= 0.6 is 0 Å². The van der Waals surface area contributed by atoms with Gasteiger partial charge in [0.05, 0.1) is 0 Å². The fraction of sp³-hybridized carbons (Fsp3) is 0.800. The number of rotatable bonds is 8. The van der Waals surface area contributed by atoms with Crippen LogP contribution in [0.1, 0.15) is 65.7 Å². The molecule has 4 amide bonds. The van der Waals surface area contributed by atoms with Gasteiger partial charge < -0.3 is 0 Å². The average molecular weight is 282 g/mol. The van der Waals surface area contributed by atoms with E-state index in [0.29, 0.717) is 6.54 Å². The highest BCUT2D eigenvalue weighted by Gasteiger charge is 2.39. The third-order valence-corrected chi connectivity index (χ3v) is 3.71. The molecule has 1 aliphatic rings. The van der Waals surface area contributed by atoms with Crippen LogP contribution in [-0.4, -0.2) is 40.2 Å². The van der Waals surface area contributed by atoms with E-state index in [4.69, 9.17) is 0 Å². The summed E-state index contributed by atoms with van der Waals surface area (Å²) in [5, 5.41) is 0. The van der Waals surface area contributed by atoms with Crippen LogP contribution in [0.5, 0.6) is 0 Å². The Balaban J connectivity index is 2.70. The molecule has 1 saturated heterocycles. The summed E-state index contributed by atoms with van der Waals surface area (Å²) >= 11 is 0. The molecule has 1 heterocycles. The van der Waals surface area contributed by atoms with Crippen molar-refractivity contribution in [3.05, 3.63) is 0 Å². The minimum Gasteiger partial charge on any atom is -0.274 e. The van der Waals surface area contributed by atoms with E-state index < -0.39 is 6.03 Å². The molecule has 5 nitrogen and oxygen atoms in total. The molecule has 0 saturated carbocycles. The molecule has 20 heavy (non-hydrogen) atoms. The van der Waals surface area contributed by atoms with Crippen molar-refractivity contribution in [1.82, 2.24) is 9.80 Å². The standard InChI is InChI=1S/C15H26N2O3/c1-4-6-8-9-12(3)17-14(19)11-13(18)16(15(17)20)10-7-5-2/h12H,4-11H2,1-3H3. The van der Waals surface area contributed by atoms with Gasteiger partial charge in [0.2, 0.25) is 11.8 Å². The summed E-state index contributed by atoms with van der Waals surface area (Å²) in [7, 11) is 0. The molecule has 1 rings (SSSR count). The van der Waals surface area contributed by atoms with Crippen molar-refractivity contribution < 1.29 is 14.4 Å². The van der Waals surface area contributed by atoms with E-state index in [2.05, 4.69) is 6.92 Å². The van der Waals surface area contributed by atoms with Gasteiger partial charge in [-0.1, -0.05) is 39.5 Å². The fourth-order valence-electron chi connectivity index (χ4n) is 2.44. The fourth-order valence-corrected chi connectivity index (χ4v) is 2.44. The highest BCUT2D eigenvalue weighted by Crippen LogP contribution is 2.19. The van der Waals surface area contributed by atoms with Crippen molar-refractivity contribution in [2.45, 2.75) is 71.8 Å². The van der Waals surface area contributed by atoms with Crippen LogP contribution in [0.4, 0.5) is 4.79 Å². The van der Waals surface area contributed by atoms with Crippen LogP contribution < -0.4 is 0 Å². The number of carbonyl (C=O) groups is 3. The summed E-state index contributed by atoms with van der Waals surface area (Å²) in [6, 6.07) is -0.553. The number of amides is 4. The minimum absolute atomic E-state index is 0.126. The predicted octanol–water partition coefficient (Wildman–Crippen LogP) is 2.94. The van der Waals surface area contributed by atoms with Crippen molar-refractivity contribution in [2.24, 2.45) is 0 Å². The molecule has 1 fully saturated rings. The summed E-state index contributed by atoms with van der Waals surface area (Å²) in [6.07, 6.45) is 5.53. The molecule has 0 aliphatic carbocycles. The van der Waals surface area contributed by atoms with Crippen LogP contribution in [0, 0.1) is 0 Å². The maximum absolute atomic E-state index is 12.3. The zero-order chi connectivity index (χ0) is 15.1. The predicted molar refractivity (Wildman–Crippen MR) is 77.1 cm³/mol. The Labute approximate surface area is 121 Å². The molecule has 0 aromatic heterocycles. The second kappa shape index (κ2) is 8.02. The first-order valence-electron chi connectivity index (χ1n) is 7.69. The van der Waals surface area contributed by atoms with Crippen molar-refractivity contribution in [3.63, 3.8) is 0 Å². The number of hydrogen-bond acceptors (Lipinski definition) is 3. The zero-order valence-corrected chi connectivity index (χ0v) is 12.9. The number of unbranched alkanes of at least 4 members (excludes halogenated alkanes) is 3. The van der Waals surface area contributed by atoms with Gasteiger partial charge in [-0.25, -0.2) is 4.79 Å². The molecule has 1 unspecified atom stereocenters. The maximum atomic E-state index is 12.3. The minimum atomic E-state index is -0.427. The lowest BCUT2D eigenvalue weighted by molar-refractivity contribution is -0.143. The summed E-state index contributed by atoms with van der Waals surface area (Å²) in [5.74, 6) is -0.706. The SMILES string of the molecule is CCCCCC(C)N1C(=O)CC(=O)N(CCCC)C1=O. The van der Waals surface area contributed by atoms with Crippen molar-refractivity contribution >= 4 is 17.8 Å². The van der Waals surface area contributed by atoms with Crippen LogP contribution in [-0.2, 0) is 9.59 Å². The number of barbiturate groups is 1. The molecule has 114 valence electrons. The van der Waals surface area contributed by atoms with Gasteiger partial charge in [0.15, 0.2) is 0 Å². The van der Waals surface area contributed by atoms with E-state index >= 15 is 0 Å². The number of carbonyl (C=O) groups excluding carboxylic acids is 3. The number of urea groups is 1. The van der Waals surface area contributed by atoms with E-state index in [-0.39, 0.29) is 24.3 Å². The van der Waals surface area contributed by atoms with Crippen LogP contribution in [0.2, 0.25) is 0 Å². The van der Waals surface area contributed by atoms with Gasteiger partial charge in [0.1, 0.15) is 6.42 Å². The van der Waals surface area contributed by atoms with Crippen LogP contribution in [0.15, 0.2) is 0 Å². The molecule has 0 spiro atoms. The first-order chi connectivity index (χ1) is 9.52. The van der Waals surface area contributed by atoms with E-state index in [1.54, 1.807) is 0 Å². The van der Waals surface area contributed by atoms with Crippen molar-refractivity contribution in [2.75, 3.05) is 6.54 Å². The monoisotopic (exact) mass is 282 g/mol. The Morgan fingerprint density at radius 2 is 1.65 bits per heavy atom. The van der Waals surface area contributed by atoms with Gasteiger partial charge in [-0.3, -0.25) is 19.4 Å². The molecule has 1 aliphatic heterocycles. The molecule has 0 N–H and O–H groups in total. The largest absolute Gasteiger partial charge is 0.333 e. The maximum Gasteiger partial charge on any atom is 0.333 e. The third kappa shape index (κ3) is 4.05. The Morgan fingerprint density at radius 1 is 1.00 bits per heavy atom. The topological polar surface area (TPSA) is 57.7 Å². The first kappa shape index (κ1) is 16.7. The second-order valence-electron chi connectivity index (χ2n) is 5.47. The van der Waals surface area contributed by atoms with Crippen LogP contribution in [0.25, 0.3) is 0 Å². The third-order valence-electron chi connectivity index (χ3n) is 3.71. The normalized spacial score (nSPS) is 17.9. The summed E-state index contributed by atoms with van der Waals surface area (Å²) in [4.78, 5) is 38.6. The zero-order valence-electron chi connectivity index (χ0n) is 12.9. The highest BCUT2D eigenvalue weighted by molar-refractivity contribution is 6.14. The lowest BCUT2D eigenvalue weighted by atomic mass is 10.1. The molecule has 5 heteroatoms. The van der Waals surface area contributed by atoms with Gasteiger partial charge in [0, 0.05) is 12.6 Å². The van der Waals surface area contributed by atoms with E-state index in [0.717, 1.165) is 38.5 Å². The van der Waals surface area contributed by atoms with Crippen LogP contribution in [0.3, 0.4) is 0 Å². The van der Waals surface area contributed by atoms with Gasteiger partial charge in [-0.15, -0.1) is 0 Å². The molecular weight excluding hydrogens is 256 g/mol. The first-order valence-corrected chi connectivity index (χ1v) is 7.69. The summed E-state index contributed by atoms with van der Waals surface area (Å²) in [5.41, 5.74) is 0. The molecule has 0 aromatic rings. The van der Waals surface area contributed by atoms with Crippen molar-refractivity contribution in [3.8, 4) is 0 Å². The van der Waals surface area contributed by atoms with Gasteiger partial charge in [-0.2, -0.15) is 0 Å². The Hall–Kier alpha value is -1.39. The van der Waals surface area contributed by atoms with Gasteiger partial charge >= 0.3 is 6.03 Å². The second-order valence-corrected chi connectivity index (χ2v) is 5.47. The number of hydrogen-bond donors (Lipinski definition) is 0. The average Bonchev–Trinajstić information content (AvgIpc) is 2.38. The summed E-state index contributed by atoms with van der Waals surface area (Å²) in [6.45, 7) is 6.43. The molecule has 1 atom stereocenters. The molecule has 0 aromatic carbocycles. The molecule has 0 bridgehead atoms. The number of imide groups is 2. The van der Waals surface area contributed by atoms with Gasteiger partial charge in [0.25, 0.3) is 0 Å².